The Morgan fingerprint density at radius 1 is 1.14 bits per heavy atom. The largest absolute Gasteiger partial charge is 0.473 e. The van der Waals surface area contributed by atoms with Gasteiger partial charge < -0.3 is 15.8 Å². The van der Waals surface area contributed by atoms with Crippen LogP contribution in [0.15, 0.2) is 36.0 Å². The Balaban J connectivity index is 1.50. The second-order valence-corrected chi connectivity index (χ2v) is 10.6. The number of pyridine rings is 1. The van der Waals surface area contributed by atoms with Crippen LogP contribution in [0.5, 0.6) is 5.88 Å². The van der Waals surface area contributed by atoms with Gasteiger partial charge in [0, 0.05) is 30.3 Å². The summed E-state index contributed by atoms with van der Waals surface area (Å²) in [7, 11) is 2.11. The lowest BCUT2D eigenvalue weighted by atomic mass is 9.62. The average Bonchev–Trinajstić information content (AvgIpc) is 3.33. The van der Waals surface area contributed by atoms with E-state index < -0.39 is 5.41 Å². The van der Waals surface area contributed by atoms with Gasteiger partial charge in [0.15, 0.2) is 11.6 Å². The van der Waals surface area contributed by atoms with E-state index in [9.17, 15) is 9.59 Å². The third-order valence-corrected chi connectivity index (χ3v) is 8.15. The number of hydrogen-bond donors (Lipinski definition) is 2. The fourth-order valence-electron chi connectivity index (χ4n) is 6.11. The molecular formula is C28H36N6O3. The highest BCUT2D eigenvalue weighted by Crippen LogP contribution is 2.45. The summed E-state index contributed by atoms with van der Waals surface area (Å²) in [4.78, 5) is 42.5. The maximum atomic E-state index is 13.7. The molecule has 3 atom stereocenters. The molecule has 9 heteroatoms. The molecule has 2 aromatic heterocycles. The molecule has 0 amide bonds. The zero-order valence-corrected chi connectivity index (χ0v) is 21.7. The highest BCUT2D eigenvalue weighted by Gasteiger charge is 2.49. The van der Waals surface area contributed by atoms with Gasteiger partial charge in [0.2, 0.25) is 5.88 Å². The van der Waals surface area contributed by atoms with Crippen molar-refractivity contribution in [3.8, 4) is 5.88 Å². The third-order valence-electron chi connectivity index (χ3n) is 8.15. The second kappa shape index (κ2) is 10.6. The SMILES string of the molecule is C[C@H](Oc1cc(Nc2ccccn2)nc(C(N)=C2CCC[C@@]3(CCCCC3=O)C2=O)n1)[C@@H]1CCCN1C. The molecule has 0 aromatic carbocycles. The van der Waals surface area contributed by atoms with Crippen molar-refractivity contribution in [2.45, 2.75) is 76.9 Å². The van der Waals surface area contributed by atoms with Crippen LogP contribution in [-0.4, -0.2) is 57.2 Å². The number of ketones is 2. The van der Waals surface area contributed by atoms with Crippen molar-refractivity contribution >= 4 is 28.9 Å². The molecular weight excluding hydrogens is 468 g/mol. The van der Waals surface area contributed by atoms with E-state index in [4.69, 9.17) is 10.5 Å². The molecule has 0 radical (unpaired) electrons. The summed E-state index contributed by atoms with van der Waals surface area (Å²) in [6, 6.07) is 7.58. The normalized spacial score (nSPS) is 26.8. The molecule has 196 valence electrons. The summed E-state index contributed by atoms with van der Waals surface area (Å²) >= 11 is 0. The number of hydrogen-bond acceptors (Lipinski definition) is 9. The van der Waals surface area contributed by atoms with E-state index in [1.165, 1.54) is 0 Å². The van der Waals surface area contributed by atoms with Gasteiger partial charge in [0.25, 0.3) is 0 Å². The highest BCUT2D eigenvalue weighted by atomic mass is 16.5. The van der Waals surface area contributed by atoms with Crippen molar-refractivity contribution in [3.63, 3.8) is 0 Å². The van der Waals surface area contributed by atoms with Gasteiger partial charge in [-0.1, -0.05) is 12.5 Å². The summed E-state index contributed by atoms with van der Waals surface area (Å²) in [5.41, 5.74) is 6.38. The standard InChI is InChI=1S/C28H36N6O3/c1-18(20-10-8-16-34(20)2)37-24-17-23(31-22-12-4-6-15-30-22)32-27(33-24)25(29)19-9-7-14-28(26(19)36)13-5-3-11-21(28)35/h4,6,12,15,17-18,20H,3,5,7-11,13-14,16,29H2,1-2H3,(H,30,31,32,33)/t18-,20-,28+/m0/s1. The number of nitrogens with one attached hydrogen (secondary N) is 1. The molecule has 0 bridgehead atoms. The van der Waals surface area contributed by atoms with Crippen LogP contribution in [0, 0.1) is 5.41 Å². The van der Waals surface area contributed by atoms with Crippen molar-refractivity contribution < 1.29 is 14.3 Å². The van der Waals surface area contributed by atoms with Gasteiger partial charge in [-0.25, -0.2) is 9.97 Å². The predicted molar refractivity (Wildman–Crippen MR) is 141 cm³/mol. The van der Waals surface area contributed by atoms with Gasteiger partial charge in [0.05, 0.1) is 11.1 Å². The Hall–Kier alpha value is -3.33. The van der Waals surface area contributed by atoms with Crippen molar-refractivity contribution in [1.82, 2.24) is 19.9 Å². The first kappa shape index (κ1) is 25.3. The molecule has 37 heavy (non-hydrogen) atoms. The van der Waals surface area contributed by atoms with Gasteiger partial charge in [0.1, 0.15) is 23.5 Å². The molecule has 0 unspecified atom stereocenters. The van der Waals surface area contributed by atoms with Crippen LogP contribution in [-0.2, 0) is 9.59 Å². The molecule has 2 saturated carbocycles. The summed E-state index contributed by atoms with van der Waals surface area (Å²) in [6.07, 6.45) is 8.46. The maximum Gasteiger partial charge on any atom is 0.219 e. The molecule has 3 heterocycles. The molecule has 3 aliphatic rings. The minimum Gasteiger partial charge on any atom is -0.473 e. The summed E-state index contributed by atoms with van der Waals surface area (Å²) in [6.45, 7) is 3.09. The maximum absolute atomic E-state index is 13.7. The van der Waals surface area contributed by atoms with Crippen LogP contribution in [0.1, 0.15) is 70.5 Å². The number of carbonyl (C=O) groups is 2. The number of anilines is 2. The molecule has 1 spiro atoms. The smallest absolute Gasteiger partial charge is 0.219 e. The van der Waals surface area contributed by atoms with Crippen LogP contribution in [0.25, 0.3) is 5.70 Å². The first-order chi connectivity index (χ1) is 17.9. The summed E-state index contributed by atoms with van der Waals surface area (Å²) in [5, 5.41) is 3.20. The number of carbonyl (C=O) groups excluding carboxylic acids is 2. The Bertz CT molecular complexity index is 1200. The monoisotopic (exact) mass is 504 g/mol. The van der Waals surface area contributed by atoms with Crippen molar-refractivity contribution in [1.29, 1.82) is 0 Å². The minimum atomic E-state index is -0.929. The first-order valence-corrected chi connectivity index (χ1v) is 13.4. The Morgan fingerprint density at radius 3 is 2.70 bits per heavy atom. The van der Waals surface area contributed by atoms with E-state index in [0.717, 1.165) is 38.6 Å². The number of nitrogens with zero attached hydrogens (tertiary/aromatic N) is 4. The van der Waals surface area contributed by atoms with Gasteiger partial charge in [-0.3, -0.25) is 14.5 Å². The topological polar surface area (TPSA) is 123 Å². The number of likely N-dealkylation sites (N-methyl/N-ethyl adjacent to an activating group) is 1. The zero-order chi connectivity index (χ0) is 26.0. The van der Waals surface area contributed by atoms with E-state index in [0.29, 0.717) is 54.8 Å². The number of nitrogens with two attached hydrogens (primary N) is 1. The Labute approximate surface area is 217 Å². The van der Waals surface area contributed by atoms with Crippen LogP contribution >= 0.6 is 0 Å². The lowest BCUT2D eigenvalue weighted by Gasteiger charge is -2.38. The molecule has 9 nitrogen and oxygen atoms in total. The average molecular weight is 505 g/mol. The number of likely N-dealkylation sites (tertiary alicyclic amines) is 1. The number of aromatic nitrogens is 3. The summed E-state index contributed by atoms with van der Waals surface area (Å²) in [5.74, 6) is 1.61. The van der Waals surface area contributed by atoms with E-state index in [-0.39, 0.29) is 29.2 Å². The first-order valence-electron chi connectivity index (χ1n) is 13.4. The fourth-order valence-corrected chi connectivity index (χ4v) is 6.11. The van der Waals surface area contributed by atoms with Crippen molar-refractivity contribution in [2.75, 3.05) is 18.9 Å². The van der Waals surface area contributed by atoms with Gasteiger partial charge >= 0.3 is 0 Å². The van der Waals surface area contributed by atoms with E-state index in [1.54, 1.807) is 12.3 Å². The number of Topliss-reactive ketones (excluding diaryl/α,β-unsaturated/α-hetero) is 2. The van der Waals surface area contributed by atoms with Crippen LogP contribution in [0.2, 0.25) is 0 Å². The lowest BCUT2D eigenvalue weighted by Crippen LogP contribution is -2.45. The van der Waals surface area contributed by atoms with E-state index >= 15 is 0 Å². The minimum absolute atomic E-state index is 0.0544. The molecule has 1 saturated heterocycles. The molecule has 2 aromatic rings. The molecule has 5 rings (SSSR count). The highest BCUT2D eigenvalue weighted by molar-refractivity contribution is 6.17. The Morgan fingerprint density at radius 2 is 1.97 bits per heavy atom. The van der Waals surface area contributed by atoms with Crippen molar-refractivity contribution in [2.24, 2.45) is 11.1 Å². The fraction of sp³-hybridized carbons (Fsp3) is 0.536. The summed E-state index contributed by atoms with van der Waals surface area (Å²) < 4.78 is 6.31. The number of rotatable bonds is 6. The van der Waals surface area contributed by atoms with Gasteiger partial charge in [-0.15, -0.1) is 0 Å². The molecule has 3 N–H and O–H groups in total. The van der Waals surface area contributed by atoms with Crippen LogP contribution in [0.4, 0.5) is 11.6 Å². The van der Waals surface area contributed by atoms with Gasteiger partial charge in [-0.05, 0) is 77.6 Å². The van der Waals surface area contributed by atoms with Crippen LogP contribution in [0.3, 0.4) is 0 Å². The molecule has 2 aliphatic carbocycles. The predicted octanol–water partition coefficient (Wildman–Crippen LogP) is 4.03. The molecule has 3 fully saturated rings. The van der Waals surface area contributed by atoms with E-state index in [1.807, 2.05) is 25.1 Å². The van der Waals surface area contributed by atoms with E-state index in [2.05, 4.69) is 32.2 Å². The van der Waals surface area contributed by atoms with Gasteiger partial charge in [-0.2, -0.15) is 4.98 Å². The number of ether oxygens (including phenoxy) is 1. The third kappa shape index (κ3) is 5.09. The number of allylic oxidation sites excluding steroid dienone is 1. The lowest BCUT2D eigenvalue weighted by molar-refractivity contribution is -0.143. The second-order valence-electron chi connectivity index (χ2n) is 10.6. The van der Waals surface area contributed by atoms with Crippen molar-refractivity contribution in [3.05, 3.63) is 41.9 Å². The quantitative estimate of drug-likeness (QED) is 0.443. The molecule has 1 aliphatic heterocycles. The zero-order valence-electron chi connectivity index (χ0n) is 21.7. The van der Waals surface area contributed by atoms with Crippen LogP contribution < -0.4 is 15.8 Å². The Kier molecular flexibility index (Phi) is 7.24.